The Morgan fingerprint density at radius 2 is 2.06 bits per heavy atom. The summed E-state index contributed by atoms with van der Waals surface area (Å²) in [5, 5.41) is 2.50. The normalized spacial score (nSPS) is 13.9. The molecular formula is C13H16N2O2. The molecule has 1 aliphatic carbocycles. The number of ketones is 1. The molecule has 0 radical (unpaired) electrons. The molecule has 1 N–H and O–H groups in total. The molecule has 90 valence electrons. The van der Waals surface area contributed by atoms with Gasteiger partial charge in [0.2, 0.25) is 5.91 Å². The van der Waals surface area contributed by atoms with E-state index in [2.05, 4.69) is 10.3 Å². The van der Waals surface area contributed by atoms with Gasteiger partial charge in [-0.2, -0.15) is 0 Å². The van der Waals surface area contributed by atoms with Gasteiger partial charge in [0.1, 0.15) is 5.69 Å². The van der Waals surface area contributed by atoms with E-state index in [9.17, 15) is 9.59 Å². The molecule has 0 fully saturated rings. The van der Waals surface area contributed by atoms with Crippen LogP contribution in [-0.4, -0.2) is 23.2 Å². The number of pyridine rings is 1. The first-order valence-corrected chi connectivity index (χ1v) is 5.93. The van der Waals surface area contributed by atoms with E-state index < -0.39 is 0 Å². The van der Waals surface area contributed by atoms with Crippen LogP contribution < -0.4 is 5.32 Å². The van der Waals surface area contributed by atoms with E-state index in [0.29, 0.717) is 5.69 Å². The highest BCUT2D eigenvalue weighted by molar-refractivity contribution is 5.97. The quantitative estimate of drug-likeness (QED) is 0.799. The Morgan fingerprint density at radius 1 is 1.29 bits per heavy atom. The number of aromatic nitrogens is 1. The third kappa shape index (κ3) is 2.90. The lowest BCUT2D eigenvalue weighted by atomic mass is 9.95. The smallest absolute Gasteiger partial charge is 0.217 e. The number of rotatable bonds is 3. The fraction of sp³-hybridized carbons (Fsp3) is 0.462. The molecule has 0 aromatic carbocycles. The van der Waals surface area contributed by atoms with Gasteiger partial charge in [-0.05, 0) is 37.3 Å². The highest BCUT2D eigenvalue weighted by atomic mass is 16.2. The minimum absolute atomic E-state index is 0.0289. The molecule has 0 unspecified atom stereocenters. The second-order valence-corrected chi connectivity index (χ2v) is 4.34. The Kier molecular flexibility index (Phi) is 3.52. The van der Waals surface area contributed by atoms with E-state index in [4.69, 9.17) is 0 Å². The SMILES string of the molecule is CC(=O)NCC(=O)c1ccc2c(n1)CCCC2. The lowest BCUT2D eigenvalue weighted by Crippen LogP contribution is -2.28. The molecular weight excluding hydrogens is 216 g/mol. The lowest BCUT2D eigenvalue weighted by molar-refractivity contribution is -0.118. The van der Waals surface area contributed by atoms with E-state index in [1.54, 1.807) is 6.07 Å². The van der Waals surface area contributed by atoms with Crippen LogP contribution in [0.1, 0.15) is 41.5 Å². The molecule has 4 nitrogen and oxygen atoms in total. The average molecular weight is 232 g/mol. The summed E-state index contributed by atoms with van der Waals surface area (Å²) in [6.45, 7) is 1.43. The van der Waals surface area contributed by atoms with Crippen LogP contribution in [0.2, 0.25) is 0 Å². The molecule has 0 saturated carbocycles. The van der Waals surface area contributed by atoms with Crippen LogP contribution in [0.15, 0.2) is 12.1 Å². The van der Waals surface area contributed by atoms with Gasteiger partial charge in [-0.1, -0.05) is 6.07 Å². The summed E-state index contributed by atoms with van der Waals surface area (Å²) < 4.78 is 0. The molecule has 1 aromatic heterocycles. The molecule has 0 saturated heterocycles. The summed E-state index contributed by atoms with van der Waals surface area (Å²) in [5.74, 6) is -0.329. The highest BCUT2D eigenvalue weighted by Gasteiger charge is 2.14. The first-order valence-electron chi connectivity index (χ1n) is 5.93. The Balaban J connectivity index is 2.11. The van der Waals surface area contributed by atoms with Crippen molar-refractivity contribution in [3.05, 3.63) is 29.1 Å². The third-order valence-corrected chi connectivity index (χ3v) is 2.96. The maximum absolute atomic E-state index is 11.8. The van der Waals surface area contributed by atoms with Crippen LogP contribution in [-0.2, 0) is 17.6 Å². The van der Waals surface area contributed by atoms with Gasteiger partial charge < -0.3 is 5.32 Å². The zero-order valence-electron chi connectivity index (χ0n) is 9.95. The van der Waals surface area contributed by atoms with Gasteiger partial charge in [0.25, 0.3) is 0 Å². The zero-order chi connectivity index (χ0) is 12.3. The fourth-order valence-corrected chi connectivity index (χ4v) is 2.03. The van der Waals surface area contributed by atoms with Crippen LogP contribution in [0.4, 0.5) is 0 Å². The summed E-state index contributed by atoms with van der Waals surface area (Å²) in [7, 11) is 0. The van der Waals surface area contributed by atoms with E-state index in [0.717, 1.165) is 25.0 Å². The van der Waals surface area contributed by atoms with Crippen molar-refractivity contribution in [1.29, 1.82) is 0 Å². The van der Waals surface area contributed by atoms with Gasteiger partial charge in [0.15, 0.2) is 5.78 Å². The summed E-state index contributed by atoms with van der Waals surface area (Å²) in [5.41, 5.74) is 2.76. The zero-order valence-corrected chi connectivity index (χ0v) is 9.95. The number of fused-ring (bicyclic) bond motifs is 1. The van der Waals surface area contributed by atoms with Crippen molar-refractivity contribution in [1.82, 2.24) is 10.3 Å². The van der Waals surface area contributed by atoms with Crippen LogP contribution in [0.3, 0.4) is 0 Å². The predicted molar refractivity (Wildman–Crippen MR) is 63.9 cm³/mol. The summed E-state index contributed by atoms with van der Waals surface area (Å²) in [4.78, 5) is 26.9. The summed E-state index contributed by atoms with van der Waals surface area (Å²) in [6.07, 6.45) is 4.36. The van der Waals surface area contributed by atoms with Gasteiger partial charge in [-0.3, -0.25) is 9.59 Å². The molecule has 2 rings (SSSR count). The number of hydrogen-bond acceptors (Lipinski definition) is 3. The lowest BCUT2D eigenvalue weighted by Gasteiger charge is -2.15. The first kappa shape index (κ1) is 11.8. The van der Waals surface area contributed by atoms with Crippen LogP contribution >= 0.6 is 0 Å². The molecule has 4 heteroatoms. The maximum atomic E-state index is 11.8. The highest BCUT2D eigenvalue weighted by Crippen LogP contribution is 2.19. The molecule has 0 atom stereocenters. The standard InChI is InChI=1S/C13H16N2O2/c1-9(16)14-8-13(17)12-7-6-10-4-2-3-5-11(10)15-12/h6-7H,2-5,8H2,1H3,(H,14,16). The summed E-state index contributed by atoms with van der Waals surface area (Å²) >= 11 is 0. The number of nitrogens with one attached hydrogen (secondary N) is 1. The largest absolute Gasteiger partial charge is 0.349 e. The topological polar surface area (TPSA) is 59.1 Å². The van der Waals surface area contributed by atoms with Crippen molar-refractivity contribution in [2.75, 3.05) is 6.54 Å². The second kappa shape index (κ2) is 5.08. The minimum Gasteiger partial charge on any atom is -0.349 e. The van der Waals surface area contributed by atoms with Gasteiger partial charge in [0.05, 0.1) is 6.54 Å². The molecule has 1 aliphatic rings. The van der Waals surface area contributed by atoms with Gasteiger partial charge in [0, 0.05) is 12.6 Å². The number of hydrogen-bond donors (Lipinski definition) is 1. The van der Waals surface area contributed by atoms with Crippen LogP contribution in [0.25, 0.3) is 0 Å². The van der Waals surface area contributed by atoms with Gasteiger partial charge >= 0.3 is 0 Å². The molecule has 0 aliphatic heterocycles. The molecule has 1 aromatic rings. The number of aryl methyl sites for hydroxylation is 2. The fourth-order valence-electron chi connectivity index (χ4n) is 2.03. The van der Waals surface area contributed by atoms with E-state index in [1.165, 1.54) is 18.9 Å². The number of carbonyl (C=O) groups excluding carboxylic acids is 2. The Hall–Kier alpha value is -1.71. The van der Waals surface area contributed by atoms with Gasteiger partial charge in [-0.25, -0.2) is 4.98 Å². The van der Waals surface area contributed by atoms with Crippen LogP contribution in [0.5, 0.6) is 0 Å². The second-order valence-electron chi connectivity index (χ2n) is 4.34. The summed E-state index contributed by atoms with van der Waals surface area (Å²) in [6, 6.07) is 3.75. The Bertz CT molecular complexity index is 455. The van der Waals surface area contributed by atoms with Gasteiger partial charge in [-0.15, -0.1) is 0 Å². The number of amides is 1. The van der Waals surface area contributed by atoms with E-state index in [-0.39, 0.29) is 18.2 Å². The van der Waals surface area contributed by atoms with Crippen molar-refractivity contribution in [2.24, 2.45) is 0 Å². The average Bonchev–Trinajstić information content (AvgIpc) is 2.35. The monoisotopic (exact) mass is 232 g/mol. The first-order chi connectivity index (χ1) is 8.16. The molecule has 0 spiro atoms. The number of carbonyl (C=O) groups is 2. The number of Topliss-reactive ketones (excluding diaryl/α,β-unsaturated/α-hetero) is 1. The number of nitrogens with zero attached hydrogens (tertiary/aromatic N) is 1. The van der Waals surface area contributed by atoms with Crippen molar-refractivity contribution in [3.8, 4) is 0 Å². The molecule has 0 bridgehead atoms. The molecule has 1 amide bonds. The van der Waals surface area contributed by atoms with E-state index in [1.807, 2.05) is 6.07 Å². The van der Waals surface area contributed by atoms with Crippen LogP contribution in [0, 0.1) is 0 Å². The molecule has 1 heterocycles. The Morgan fingerprint density at radius 3 is 2.82 bits per heavy atom. The van der Waals surface area contributed by atoms with Crippen molar-refractivity contribution < 1.29 is 9.59 Å². The molecule has 17 heavy (non-hydrogen) atoms. The van der Waals surface area contributed by atoms with Crippen molar-refractivity contribution in [3.63, 3.8) is 0 Å². The van der Waals surface area contributed by atoms with Crippen molar-refractivity contribution >= 4 is 11.7 Å². The predicted octanol–water partition coefficient (Wildman–Crippen LogP) is 1.28. The Labute approximate surface area is 100 Å². The van der Waals surface area contributed by atoms with E-state index >= 15 is 0 Å². The maximum Gasteiger partial charge on any atom is 0.217 e. The third-order valence-electron chi connectivity index (χ3n) is 2.96. The van der Waals surface area contributed by atoms with Crippen molar-refractivity contribution in [2.45, 2.75) is 32.6 Å². The minimum atomic E-state index is -0.198.